The molecule has 13 heteroatoms. The number of amides is 1. The van der Waals surface area contributed by atoms with Gasteiger partial charge >= 0.3 is 5.69 Å². The van der Waals surface area contributed by atoms with E-state index in [4.69, 9.17) is 34.2 Å². The number of H-pyrrole nitrogens is 1. The molecule has 44 heavy (non-hydrogen) atoms. The van der Waals surface area contributed by atoms with Crippen LogP contribution in [0.25, 0.3) is 28.0 Å². The van der Waals surface area contributed by atoms with E-state index in [9.17, 15) is 9.59 Å². The van der Waals surface area contributed by atoms with Gasteiger partial charge in [-0.3, -0.25) is 14.8 Å². The first-order valence-corrected chi connectivity index (χ1v) is 14.9. The molecule has 2 aromatic heterocycles. The Morgan fingerprint density at radius 2 is 1.89 bits per heavy atom. The number of primary amides is 1. The first kappa shape index (κ1) is 32.6. The maximum absolute atomic E-state index is 15.1. The van der Waals surface area contributed by atoms with E-state index >= 15 is 4.39 Å². The van der Waals surface area contributed by atoms with Crippen molar-refractivity contribution in [1.82, 2.24) is 25.2 Å². The summed E-state index contributed by atoms with van der Waals surface area (Å²) in [7, 11) is 0. The summed E-state index contributed by atoms with van der Waals surface area (Å²) < 4.78 is 16.5. The van der Waals surface area contributed by atoms with Gasteiger partial charge in [-0.2, -0.15) is 4.98 Å². The van der Waals surface area contributed by atoms with Crippen LogP contribution in [0.5, 0.6) is 0 Å². The first-order chi connectivity index (χ1) is 20.9. The van der Waals surface area contributed by atoms with E-state index in [2.05, 4.69) is 20.6 Å². The Kier molecular flexibility index (Phi) is 10.7. The molecule has 0 fully saturated rings. The quantitative estimate of drug-likeness (QED) is 0.0827. The summed E-state index contributed by atoms with van der Waals surface area (Å²) in [5, 5.41) is 13.7. The predicted octanol–water partition coefficient (Wildman–Crippen LogP) is 3.26. The van der Waals surface area contributed by atoms with Gasteiger partial charge in [-0.25, -0.2) is 9.18 Å². The number of carbonyl (C=O) groups excluding carboxylic acids is 1. The second kappa shape index (κ2) is 14.5. The van der Waals surface area contributed by atoms with Crippen molar-refractivity contribution in [2.45, 2.75) is 57.5 Å². The molecular weight excluding hydrogens is 585 g/mol. The van der Waals surface area contributed by atoms with Gasteiger partial charge in [0.25, 0.3) is 0 Å². The minimum atomic E-state index is -0.571. The van der Waals surface area contributed by atoms with Crippen molar-refractivity contribution in [3.05, 3.63) is 81.1 Å². The molecule has 4 aromatic rings. The molecule has 0 saturated heterocycles. The number of hydrogen-bond acceptors (Lipinski definition) is 6. The third kappa shape index (κ3) is 8.22. The summed E-state index contributed by atoms with van der Waals surface area (Å²) in [5.41, 5.74) is 19.8. The molecule has 0 aliphatic rings. The van der Waals surface area contributed by atoms with Crippen LogP contribution in [-0.2, 0) is 11.2 Å². The molecule has 0 saturated carbocycles. The van der Waals surface area contributed by atoms with Crippen LogP contribution in [0, 0.1) is 11.2 Å². The number of carbonyl (C=O) groups is 1. The Labute approximate surface area is 259 Å². The van der Waals surface area contributed by atoms with Crippen LogP contribution in [0.15, 0.2) is 53.5 Å². The Hall–Kier alpha value is -4.26. The van der Waals surface area contributed by atoms with Crippen LogP contribution in [0.1, 0.15) is 50.2 Å². The van der Waals surface area contributed by atoms with Gasteiger partial charge in [0, 0.05) is 36.3 Å². The van der Waals surface area contributed by atoms with Crippen molar-refractivity contribution in [2.75, 3.05) is 13.1 Å². The van der Waals surface area contributed by atoms with Crippen molar-refractivity contribution < 1.29 is 9.18 Å². The second-order valence-electron chi connectivity index (χ2n) is 11.2. The molecule has 2 aromatic carbocycles. The van der Waals surface area contributed by atoms with E-state index in [0.29, 0.717) is 53.9 Å². The largest absolute Gasteiger partial charge is 0.370 e. The number of nitrogens with two attached hydrogens (primary N) is 3. The third-order valence-corrected chi connectivity index (χ3v) is 7.79. The molecule has 0 aliphatic carbocycles. The zero-order chi connectivity index (χ0) is 32.0. The summed E-state index contributed by atoms with van der Waals surface area (Å²) in [6.07, 6.45) is 4.48. The molecule has 0 spiro atoms. The van der Waals surface area contributed by atoms with Crippen molar-refractivity contribution in [3.63, 3.8) is 0 Å². The van der Waals surface area contributed by atoms with Crippen LogP contribution < -0.4 is 33.5 Å². The van der Waals surface area contributed by atoms with E-state index in [-0.39, 0.29) is 22.9 Å². The molecule has 234 valence electrons. The highest BCUT2D eigenvalue weighted by Crippen LogP contribution is 2.31. The van der Waals surface area contributed by atoms with Gasteiger partial charge < -0.3 is 32.8 Å². The number of aromatic nitrogens is 3. The normalized spacial score (nSPS) is 13.5. The lowest BCUT2D eigenvalue weighted by Crippen LogP contribution is -2.45. The number of rotatable bonds is 14. The number of aryl methyl sites for hydroxylation is 1. The van der Waals surface area contributed by atoms with Gasteiger partial charge in [-0.05, 0) is 80.0 Å². The van der Waals surface area contributed by atoms with Gasteiger partial charge in [0.2, 0.25) is 5.91 Å². The number of nitrogens with zero attached hydrogens (tertiary/aromatic N) is 2. The van der Waals surface area contributed by atoms with Gasteiger partial charge in [-0.1, -0.05) is 30.7 Å². The highest BCUT2D eigenvalue weighted by molar-refractivity contribution is 6.31. The lowest BCUT2D eigenvalue weighted by Gasteiger charge is -2.19. The number of hydrogen-bond donors (Lipinski definition) is 7. The van der Waals surface area contributed by atoms with E-state index in [1.165, 1.54) is 4.57 Å². The van der Waals surface area contributed by atoms with Crippen LogP contribution >= 0.6 is 11.6 Å². The van der Waals surface area contributed by atoms with Gasteiger partial charge in [0.05, 0.1) is 22.4 Å². The highest BCUT2D eigenvalue weighted by atomic mass is 35.5. The van der Waals surface area contributed by atoms with Crippen molar-refractivity contribution >= 4 is 34.5 Å². The van der Waals surface area contributed by atoms with E-state index in [0.717, 1.165) is 24.0 Å². The molecule has 2 heterocycles. The van der Waals surface area contributed by atoms with Gasteiger partial charge in [0.15, 0.2) is 11.8 Å². The highest BCUT2D eigenvalue weighted by Gasteiger charge is 2.18. The lowest BCUT2D eigenvalue weighted by molar-refractivity contribution is -0.120. The SMILES string of the molecule is C[C@H](N)CCCc1cc(Cl)c(F)c(-c2cc3cn(-c4ccc([C@H](C)CN[C@@H](CCNC(=N)N)C(N)=O)cc4)c(=O)nc3[nH]2)c1. The first-order valence-electron chi connectivity index (χ1n) is 14.5. The van der Waals surface area contributed by atoms with Gasteiger partial charge in [0.1, 0.15) is 5.65 Å². The Balaban J connectivity index is 1.50. The number of guanidine groups is 1. The third-order valence-electron chi connectivity index (χ3n) is 7.51. The zero-order valence-electron chi connectivity index (χ0n) is 24.8. The van der Waals surface area contributed by atoms with Crippen molar-refractivity contribution in [3.8, 4) is 16.9 Å². The molecule has 3 atom stereocenters. The number of halogens is 2. The Morgan fingerprint density at radius 3 is 2.55 bits per heavy atom. The van der Waals surface area contributed by atoms with Crippen molar-refractivity contribution in [2.24, 2.45) is 17.2 Å². The van der Waals surface area contributed by atoms with Crippen LogP contribution in [0.2, 0.25) is 5.02 Å². The lowest BCUT2D eigenvalue weighted by atomic mass is 10.00. The maximum Gasteiger partial charge on any atom is 0.354 e. The summed E-state index contributed by atoms with van der Waals surface area (Å²) in [4.78, 5) is 32.1. The molecule has 10 N–H and O–H groups in total. The van der Waals surface area contributed by atoms with Crippen LogP contribution in [0.3, 0.4) is 0 Å². The number of benzene rings is 2. The van der Waals surface area contributed by atoms with Gasteiger partial charge in [-0.15, -0.1) is 0 Å². The summed E-state index contributed by atoms with van der Waals surface area (Å²) in [6, 6.07) is 12.1. The molecule has 1 amide bonds. The molecule has 0 unspecified atom stereocenters. The van der Waals surface area contributed by atoms with Crippen molar-refractivity contribution in [1.29, 1.82) is 5.41 Å². The average Bonchev–Trinajstić information content (AvgIpc) is 3.38. The minimum Gasteiger partial charge on any atom is -0.370 e. The average molecular weight is 624 g/mol. The predicted molar refractivity (Wildman–Crippen MR) is 173 cm³/mol. The molecule has 11 nitrogen and oxygen atoms in total. The monoisotopic (exact) mass is 623 g/mol. The second-order valence-corrected chi connectivity index (χ2v) is 11.6. The Morgan fingerprint density at radius 1 is 1.16 bits per heavy atom. The molecule has 0 radical (unpaired) electrons. The summed E-state index contributed by atoms with van der Waals surface area (Å²) >= 11 is 6.23. The van der Waals surface area contributed by atoms with E-state index < -0.39 is 23.5 Å². The fourth-order valence-corrected chi connectivity index (χ4v) is 5.28. The molecule has 0 bridgehead atoms. The number of aromatic amines is 1. The smallest absolute Gasteiger partial charge is 0.354 e. The molecular formula is C31H39ClFN9O2. The van der Waals surface area contributed by atoms with E-state index in [1.807, 2.05) is 38.1 Å². The van der Waals surface area contributed by atoms with Crippen LogP contribution in [0.4, 0.5) is 4.39 Å². The topological polar surface area (TPSA) is 194 Å². The molecule has 4 rings (SSSR count). The zero-order valence-corrected chi connectivity index (χ0v) is 25.5. The molecule has 0 aliphatic heterocycles. The van der Waals surface area contributed by atoms with Crippen LogP contribution in [-0.4, -0.2) is 51.6 Å². The Bertz CT molecular complexity index is 1680. The maximum atomic E-state index is 15.1. The van der Waals surface area contributed by atoms with E-state index in [1.54, 1.807) is 24.4 Å². The number of nitrogens with one attached hydrogen (secondary N) is 4. The summed E-state index contributed by atoms with van der Waals surface area (Å²) in [6.45, 7) is 4.79. The fourth-order valence-electron chi connectivity index (χ4n) is 5.03. The summed E-state index contributed by atoms with van der Waals surface area (Å²) in [5.74, 6) is -1.16. The number of fused-ring (bicyclic) bond motifs is 1. The standard InChI is InChI=1S/C31H39ClFN9O2/c1-17(15-39-25(28(35)43)10-11-38-30(36)37)20-6-8-22(9-7-20)42-16-21-14-26(40-29(21)41-31(42)44)23-12-19(5-3-4-18(2)34)13-24(32)27(23)33/h6-9,12-14,16-18,25,39H,3-5,10-11,15,34H2,1-2H3,(H2,35,43)(H4,36,37,38)(H,40,41,44)/t17-,18+,25+/m1/s1. The minimum absolute atomic E-state index is 0.0316. The fraction of sp³-hybridized carbons (Fsp3) is 0.355.